The molecular weight excluding hydrogens is 265 g/mol. The second kappa shape index (κ2) is 4.00. The topological polar surface area (TPSA) is 26.3 Å². The van der Waals surface area contributed by atoms with Gasteiger partial charge in [-0.15, -0.1) is 0 Å². The summed E-state index contributed by atoms with van der Waals surface area (Å²) in [6.07, 6.45) is 0.0739. The van der Waals surface area contributed by atoms with Crippen molar-refractivity contribution in [3.63, 3.8) is 0 Å². The van der Waals surface area contributed by atoms with E-state index in [4.69, 9.17) is 0 Å². The smallest absolute Gasteiger partial charge is 0.204 e. The van der Waals surface area contributed by atoms with Crippen LogP contribution in [0.15, 0.2) is 4.47 Å². The third-order valence-electron chi connectivity index (χ3n) is 1.58. The number of carbonyl (C=O) groups is 1. The highest BCUT2D eigenvalue weighted by molar-refractivity contribution is 9.10. The van der Waals surface area contributed by atoms with E-state index in [1.807, 2.05) is 0 Å². The van der Waals surface area contributed by atoms with Crippen LogP contribution >= 0.6 is 15.9 Å². The van der Waals surface area contributed by atoms with Crippen LogP contribution in [0.4, 0.5) is 13.2 Å². The van der Waals surface area contributed by atoms with Gasteiger partial charge >= 0.3 is 0 Å². The summed E-state index contributed by atoms with van der Waals surface area (Å²) in [6.45, 7) is 0. The zero-order valence-electron chi connectivity index (χ0n) is 6.91. The Morgan fingerprint density at radius 2 is 1.79 bits per heavy atom. The molecule has 0 aliphatic rings. The molecule has 0 heterocycles. The number of benzene rings is 1. The lowest BCUT2D eigenvalue weighted by molar-refractivity contribution is 0.111. The van der Waals surface area contributed by atoms with E-state index < -0.39 is 33.2 Å². The highest BCUT2D eigenvalue weighted by Gasteiger charge is 2.23. The van der Waals surface area contributed by atoms with Gasteiger partial charge < -0.3 is 4.74 Å². The SMILES string of the molecule is COc1c(F)c(F)c(Br)c(C=O)c1F. The Labute approximate surface area is 85.8 Å². The zero-order chi connectivity index (χ0) is 10.9. The van der Waals surface area contributed by atoms with Gasteiger partial charge in [0, 0.05) is 0 Å². The molecule has 0 saturated heterocycles. The van der Waals surface area contributed by atoms with Gasteiger partial charge in [-0.3, -0.25) is 4.79 Å². The summed E-state index contributed by atoms with van der Waals surface area (Å²) in [6, 6.07) is 0. The van der Waals surface area contributed by atoms with Crippen LogP contribution in [0.5, 0.6) is 5.75 Å². The van der Waals surface area contributed by atoms with E-state index in [-0.39, 0.29) is 6.29 Å². The summed E-state index contributed by atoms with van der Waals surface area (Å²) in [4.78, 5) is 10.4. The number of ether oxygens (including phenoxy) is 1. The average Bonchev–Trinajstić information content (AvgIpc) is 2.16. The monoisotopic (exact) mass is 268 g/mol. The van der Waals surface area contributed by atoms with E-state index >= 15 is 0 Å². The van der Waals surface area contributed by atoms with Crippen LogP contribution in [0.1, 0.15) is 10.4 Å². The van der Waals surface area contributed by atoms with Crippen LogP contribution in [0.2, 0.25) is 0 Å². The first-order chi connectivity index (χ1) is 6.54. The molecule has 0 amide bonds. The normalized spacial score (nSPS) is 10.1. The van der Waals surface area contributed by atoms with Crippen LogP contribution in [-0.2, 0) is 0 Å². The van der Waals surface area contributed by atoms with Gasteiger partial charge in [-0.2, -0.15) is 4.39 Å². The molecule has 2 nitrogen and oxygen atoms in total. The molecule has 0 radical (unpaired) electrons. The molecule has 0 spiro atoms. The molecule has 0 fully saturated rings. The molecule has 76 valence electrons. The molecule has 14 heavy (non-hydrogen) atoms. The van der Waals surface area contributed by atoms with E-state index in [0.29, 0.717) is 0 Å². The van der Waals surface area contributed by atoms with Crippen molar-refractivity contribution >= 4 is 22.2 Å². The molecule has 0 atom stereocenters. The van der Waals surface area contributed by atoms with Crippen molar-refractivity contribution in [2.45, 2.75) is 0 Å². The zero-order valence-corrected chi connectivity index (χ0v) is 8.49. The molecular formula is C8H4BrF3O2. The van der Waals surface area contributed by atoms with Crippen molar-refractivity contribution in [2.75, 3.05) is 7.11 Å². The van der Waals surface area contributed by atoms with Gasteiger partial charge in [-0.25, -0.2) is 8.78 Å². The Balaban J connectivity index is 3.64. The summed E-state index contributed by atoms with van der Waals surface area (Å²) in [5.74, 6) is -4.96. The minimum absolute atomic E-state index is 0.0739. The minimum atomic E-state index is -1.47. The third kappa shape index (κ3) is 1.50. The molecule has 0 saturated carbocycles. The Kier molecular flexibility index (Phi) is 3.15. The van der Waals surface area contributed by atoms with Gasteiger partial charge in [-0.1, -0.05) is 0 Å². The van der Waals surface area contributed by atoms with Crippen LogP contribution in [0, 0.1) is 17.5 Å². The number of methoxy groups -OCH3 is 1. The second-order valence-corrected chi connectivity index (χ2v) is 3.11. The molecule has 0 bridgehead atoms. The van der Waals surface area contributed by atoms with Crippen molar-refractivity contribution in [1.82, 2.24) is 0 Å². The first-order valence-electron chi connectivity index (χ1n) is 3.39. The minimum Gasteiger partial charge on any atom is -0.491 e. The van der Waals surface area contributed by atoms with Crippen LogP contribution in [-0.4, -0.2) is 13.4 Å². The largest absolute Gasteiger partial charge is 0.491 e. The van der Waals surface area contributed by atoms with Crippen molar-refractivity contribution in [2.24, 2.45) is 0 Å². The summed E-state index contributed by atoms with van der Waals surface area (Å²) >= 11 is 2.56. The summed E-state index contributed by atoms with van der Waals surface area (Å²) in [5, 5.41) is 0. The van der Waals surface area contributed by atoms with Crippen molar-refractivity contribution < 1.29 is 22.7 Å². The quantitative estimate of drug-likeness (QED) is 0.468. The first-order valence-corrected chi connectivity index (χ1v) is 4.19. The van der Waals surface area contributed by atoms with Crippen molar-refractivity contribution in [3.8, 4) is 5.75 Å². The molecule has 1 aromatic rings. The highest BCUT2D eigenvalue weighted by atomic mass is 79.9. The fraction of sp³-hybridized carbons (Fsp3) is 0.125. The summed E-state index contributed by atoms with van der Waals surface area (Å²) in [7, 11) is 0.976. The number of carbonyl (C=O) groups excluding carboxylic acids is 1. The fourth-order valence-corrected chi connectivity index (χ4v) is 1.35. The lowest BCUT2D eigenvalue weighted by Crippen LogP contribution is -2.02. The maximum absolute atomic E-state index is 13.2. The molecule has 6 heteroatoms. The van der Waals surface area contributed by atoms with Crippen molar-refractivity contribution in [1.29, 1.82) is 0 Å². The molecule has 0 aliphatic heterocycles. The van der Waals surface area contributed by atoms with Crippen molar-refractivity contribution in [3.05, 3.63) is 27.5 Å². The molecule has 0 aliphatic carbocycles. The van der Waals surface area contributed by atoms with Gasteiger partial charge in [-0.05, 0) is 15.9 Å². The third-order valence-corrected chi connectivity index (χ3v) is 2.35. The van der Waals surface area contributed by atoms with Gasteiger partial charge in [0.1, 0.15) is 0 Å². The highest BCUT2D eigenvalue weighted by Crippen LogP contribution is 2.32. The number of halogens is 4. The molecule has 0 unspecified atom stereocenters. The fourth-order valence-electron chi connectivity index (χ4n) is 0.912. The lowest BCUT2D eigenvalue weighted by Gasteiger charge is -2.07. The maximum Gasteiger partial charge on any atom is 0.204 e. The Bertz CT molecular complexity index is 393. The van der Waals surface area contributed by atoms with Gasteiger partial charge in [0.05, 0.1) is 17.1 Å². The van der Waals surface area contributed by atoms with Gasteiger partial charge in [0.25, 0.3) is 0 Å². The Morgan fingerprint density at radius 1 is 1.21 bits per heavy atom. The number of hydrogen-bond donors (Lipinski definition) is 0. The predicted octanol–water partition coefficient (Wildman–Crippen LogP) is 2.69. The van der Waals surface area contributed by atoms with Gasteiger partial charge in [0.2, 0.25) is 5.82 Å². The molecule has 0 aromatic heterocycles. The Hall–Kier alpha value is -1.04. The van der Waals surface area contributed by atoms with E-state index in [2.05, 4.69) is 20.7 Å². The predicted molar refractivity (Wildman–Crippen MR) is 46.0 cm³/mol. The lowest BCUT2D eigenvalue weighted by atomic mass is 10.2. The maximum atomic E-state index is 13.2. The van der Waals surface area contributed by atoms with Gasteiger partial charge in [0.15, 0.2) is 23.7 Å². The number of rotatable bonds is 2. The van der Waals surface area contributed by atoms with E-state index in [9.17, 15) is 18.0 Å². The van der Waals surface area contributed by atoms with Crippen LogP contribution in [0.3, 0.4) is 0 Å². The number of hydrogen-bond acceptors (Lipinski definition) is 2. The first kappa shape index (κ1) is 11.0. The average molecular weight is 269 g/mol. The van der Waals surface area contributed by atoms with E-state index in [1.165, 1.54) is 0 Å². The molecule has 1 rings (SSSR count). The van der Waals surface area contributed by atoms with Crippen LogP contribution < -0.4 is 4.74 Å². The summed E-state index contributed by atoms with van der Waals surface area (Å²) in [5.41, 5.74) is -0.610. The van der Waals surface area contributed by atoms with Crippen LogP contribution in [0.25, 0.3) is 0 Å². The molecule has 0 N–H and O–H groups in total. The standard InChI is InChI=1S/C8H4BrF3O2/c1-14-8-5(10)3(2-13)4(9)6(11)7(8)12/h2H,1H3. The Morgan fingerprint density at radius 3 is 2.21 bits per heavy atom. The summed E-state index contributed by atoms with van der Waals surface area (Å²) < 4.78 is 42.8. The van der Waals surface area contributed by atoms with E-state index in [0.717, 1.165) is 7.11 Å². The van der Waals surface area contributed by atoms with E-state index in [1.54, 1.807) is 0 Å². The molecule has 1 aromatic carbocycles. The number of aldehydes is 1. The second-order valence-electron chi connectivity index (χ2n) is 2.32.